The Labute approximate surface area is 368 Å². The summed E-state index contributed by atoms with van der Waals surface area (Å²) in [6, 6.07) is 65.6. The Morgan fingerprint density at radius 3 is 1.23 bits per heavy atom. The van der Waals surface area contributed by atoms with Crippen LogP contribution in [-0.4, -0.2) is 0 Å². The second-order valence-corrected chi connectivity index (χ2v) is 17.5. The van der Waals surface area contributed by atoms with Crippen molar-refractivity contribution in [2.24, 2.45) is 0 Å². The van der Waals surface area contributed by atoms with E-state index in [4.69, 9.17) is 8.83 Å². The van der Waals surface area contributed by atoms with Crippen molar-refractivity contribution < 1.29 is 8.83 Å². The van der Waals surface area contributed by atoms with E-state index in [1.165, 1.54) is 21.7 Å². The predicted molar refractivity (Wildman–Crippen MR) is 262 cm³/mol. The van der Waals surface area contributed by atoms with Crippen molar-refractivity contribution in [1.29, 1.82) is 10.5 Å². The molecule has 0 radical (unpaired) electrons. The van der Waals surface area contributed by atoms with Crippen molar-refractivity contribution >= 4 is 110 Å². The SMILES string of the molecule is CC(C)(C)c1cc2ccc3c(N(c4ccccc4)c4cccc5c4oc4c(C#N)cccc45)cc(N(c4ccccc4)c4cccc5c4oc4c(C#N)cccc45)c4ccc(c1)c2c34. The third-order valence-corrected chi connectivity index (χ3v) is 12.8. The molecule has 0 atom stereocenters. The van der Waals surface area contributed by atoms with Crippen LogP contribution in [0.25, 0.3) is 76.2 Å². The van der Waals surface area contributed by atoms with Crippen molar-refractivity contribution in [3.8, 4) is 12.1 Å². The van der Waals surface area contributed by atoms with E-state index >= 15 is 0 Å². The first kappa shape index (κ1) is 37.2. The normalized spacial score (nSPS) is 12.0. The molecule has 0 fully saturated rings. The summed E-state index contributed by atoms with van der Waals surface area (Å²) < 4.78 is 13.6. The lowest BCUT2D eigenvalue weighted by atomic mass is 9.83. The van der Waals surface area contributed by atoms with E-state index in [0.29, 0.717) is 33.5 Å². The fourth-order valence-corrected chi connectivity index (χ4v) is 9.79. The van der Waals surface area contributed by atoms with Crippen LogP contribution in [0.15, 0.2) is 185 Å². The van der Waals surface area contributed by atoms with Crippen LogP contribution in [0.4, 0.5) is 34.1 Å². The number of rotatable bonds is 6. The van der Waals surface area contributed by atoms with E-state index in [1.807, 2.05) is 36.4 Å². The molecule has 0 saturated heterocycles. The first-order valence-corrected chi connectivity index (χ1v) is 21.5. The van der Waals surface area contributed by atoms with Crippen LogP contribution in [0.1, 0.15) is 37.5 Å². The predicted octanol–water partition coefficient (Wildman–Crippen LogP) is 16.4. The topological polar surface area (TPSA) is 80.3 Å². The monoisotopic (exact) mass is 822 g/mol. The standard InChI is InChI=1S/C58H38N4O2/c1-58(2,3)39-30-35-26-28-46-50(61(40-16-6-4-7-17-40)48-24-12-22-44-42-20-10-14-37(33-59)54(42)63-56(44)48)32-51(47-29-27-36(31-39)52(35)53(46)47)62(41-18-8-5-9-19-41)49-25-13-23-45-43-21-11-15-38(34-60)55(43)64-57(45)49/h4-32H,1-3H3. The molecule has 12 rings (SSSR count). The van der Waals surface area contributed by atoms with Crippen LogP contribution in [0.2, 0.25) is 0 Å². The molecule has 0 aliphatic carbocycles. The summed E-state index contributed by atoms with van der Waals surface area (Å²) in [6.07, 6.45) is 0. The van der Waals surface area contributed by atoms with Gasteiger partial charge in [-0.25, -0.2) is 0 Å². The largest absolute Gasteiger partial charge is 0.452 e. The van der Waals surface area contributed by atoms with Gasteiger partial charge < -0.3 is 18.6 Å². The number of hydrogen-bond donors (Lipinski definition) is 0. The molecule has 302 valence electrons. The maximum atomic E-state index is 10.2. The van der Waals surface area contributed by atoms with Gasteiger partial charge in [-0.3, -0.25) is 0 Å². The van der Waals surface area contributed by atoms with Crippen LogP contribution < -0.4 is 9.80 Å². The molecule has 12 aromatic rings. The number of hydrogen-bond acceptors (Lipinski definition) is 6. The molecule has 2 aromatic heterocycles. The molecule has 0 amide bonds. The Morgan fingerprint density at radius 2 is 0.812 bits per heavy atom. The number of nitrogens with zero attached hydrogens (tertiary/aromatic N) is 4. The number of benzene rings is 10. The molecule has 2 heterocycles. The van der Waals surface area contributed by atoms with Gasteiger partial charge in [0.1, 0.15) is 12.1 Å². The highest BCUT2D eigenvalue weighted by molar-refractivity contribution is 6.29. The number of furan rings is 2. The van der Waals surface area contributed by atoms with Gasteiger partial charge >= 0.3 is 0 Å². The summed E-state index contributed by atoms with van der Waals surface area (Å²) in [6.45, 7) is 6.80. The van der Waals surface area contributed by atoms with E-state index in [-0.39, 0.29) is 5.41 Å². The zero-order valence-corrected chi connectivity index (χ0v) is 35.3. The third kappa shape index (κ3) is 5.50. The molecule has 6 heteroatoms. The zero-order valence-electron chi connectivity index (χ0n) is 35.3. The Balaban J connectivity index is 1.25. The molecule has 64 heavy (non-hydrogen) atoms. The number of fused-ring (bicyclic) bond motifs is 6. The molecule has 0 saturated carbocycles. The van der Waals surface area contributed by atoms with Gasteiger partial charge in [-0.1, -0.05) is 142 Å². The molecule has 0 aliphatic rings. The van der Waals surface area contributed by atoms with Gasteiger partial charge in [-0.05, 0) is 81.7 Å². The van der Waals surface area contributed by atoms with Gasteiger partial charge in [-0.2, -0.15) is 10.5 Å². The van der Waals surface area contributed by atoms with Crippen molar-refractivity contribution in [1.82, 2.24) is 0 Å². The molecule has 0 bridgehead atoms. The van der Waals surface area contributed by atoms with E-state index in [9.17, 15) is 10.5 Å². The summed E-state index contributed by atoms with van der Waals surface area (Å²) in [4.78, 5) is 4.60. The van der Waals surface area contributed by atoms with E-state index in [2.05, 4.69) is 170 Å². The average Bonchev–Trinajstić information content (AvgIpc) is 3.92. The van der Waals surface area contributed by atoms with Crippen LogP contribution >= 0.6 is 0 Å². The Morgan fingerprint density at radius 1 is 0.391 bits per heavy atom. The number of anilines is 6. The molecular weight excluding hydrogens is 785 g/mol. The highest BCUT2D eigenvalue weighted by atomic mass is 16.3. The van der Waals surface area contributed by atoms with Crippen molar-refractivity contribution in [2.75, 3.05) is 9.80 Å². The average molecular weight is 823 g/mol. The summed E-state index contributed by atoms with van der Waals surface area (Å²) in [5.41, 5.74) is 10.2. The highest BCUT2D eigenvalue weighted by Gasteiger charge is 2.29. The molecule has 6 nitrogen and oxygen atoms in total. The Kier molecular flexibility index (Phi) is 8.12. The zero-order chi connectivity index (χ0) is 43.3. The molecule has 0 aliphatic heterocycles. The van der Waals surface area contributed by atoms with Gasteiger partial charge in [0, 0.05) is 49.1 Å². The minimum Gasteiger partial charge on any atom is -0.452 e. The first-order valence-electron chi connectivity index (χ1n) is 21.5. The number of nitriles is 2. The van der Waals surface area contributed by atoms with E-state index in [1.54, 1.807) is 12.1 Å². The van der Waals surface area contributed by atoms with Gasteiger partial charge in [0.2, 0.25) is 0 Å². The maximum absolute atomic E-state index is 10.2. The first-order chi connectivity index (χ1) is 31.3. The van der Waals surface area contributed by atoms with Crippen LogP contribution in [0.3, 0.4) is 0 Å². The Bertz CT molecular complexity index is 3680. The fourth-order valence-electron chi connectivity index (χ4n) is 9.79. The van der Waals surface area contributed by atoms with Gasteiger partial charge in [0.25, 0.3) is 0 Å². The minimum atomic E-state index is -0.0532. The molecule has 0 unspecified atom stereocenters. The van der Waals surface area contributed by atoms with E-state index in [0.717, 1.165) is 71.8 Å². The fraction of sp³-hybridized carbons (Fsp3) is 0.0690. The highest BCUT2D eigenvalue weighted by Crippen LogP contribution is 2.53. The number of para-hydroxylation sites is 6. The van der Waals surface area contributed by atoms with Crippen LogP contribution in [0.5, 0.6) is 0 Å². The molecular formula is C58H38N4O2. The minimum absolute atomic E-state index is 0.0532. The molecule has 10 aromatic carbocycles. The summed E-state index contributed by atoms with van der Waals surface area (Å²) in [5.74, 6) is 0. The summed E-state index contributed by atoms with van der Waals surface area (Å²) in [7, 11) is 0. The Hall–Kier alpha value is -8.58. The van der Waals surface area contributed by atoms with Crippen molar-refractivity contribution in [3.63, 3.8) is 0 Å². The summed E-state index contributed by atoms with van der Waals surface area (Å²) >= 11 is 0. The van der Waals surface area contributed by atoms with Gasteiger partial charge in [-0.15, -0.1) is 0 Å². The van der Waals surface area contributed by atoms with Crippen molar-refractivity contribution in [2.45, 2.75) is 26.2 Å². The molecule has 0 spiro atoms. The molecule has 0 N–H and O–H groups in total. The second-order valence-electron chi connectivity index (χ2n) is 17.5. The third-order valence-electron chi connectivity index (χ3n) is 12.8. The maximum Gasteiger partial charge on any atom is 0.159 e. The van der Waals surface area contributed by atoms with Crippen LogP contribution in [-0.2, 0) is 5.41 Å². The lowest BCUT2D eigenvalue weighted by Crippen LogP contribution is -2.15. The lowest BCUT2D eigenvalue weighted by Gasteiger charge is -2.32. The van der Waals surface area contributed by atoms with Gasteiger partial charge in [0.15, 0.2) is 22.3 Å². The van der Waals surface area contributed by atoms with Gasteiger partial charge in [0.05, 0.1) is 33.9 Å². The lowest BCUT2D eigenvalue weighted by molar-refractivity contribution is 0.591. The summed E-state index contributed by atoms with van der Waals surface area (Å²) in [5, 5.41) is 30.8. The van der Waals surface area contributed by atoms with Crippen molar-refractivity contribution in [3.05, 3.63) is 193 Å². The van der Waals surface area contributed by atoms with Crippen LogP contribution in [0, 0.1) is 22.7 Å². The smallest absolute Gasteiger partial charge is 0.159 e. The van der Waals surface area contributed by atoms with E-state index < -0.39 is 0 Å². The quantitative estimate of drug-likeness (QED) is 0.155. The second kappa shape index (κ2) is 14.0.